The molecule has 0 N–H and O–H groups in total. The van der Waals surface area contributed by atoms with Crippen molar-refractivity contribution in [2.75, 3.05) is 37.8 Å². The fraction of sp³-hybridized carbons (Fsp3) is 0.417. The number of benzene rings is 2. The predicted molar refractivity (Wildman–Crippen MR) is 131 cm³/mol. The van der Waals surface area contributed by atoms with Gasteiger partial charge in [-0.1, -0.05) is 23.5 Å². The predicted octanol–water partition coefficient (Wildman–Crippen LogP) is 5.91. The lowest BCUT2D eigenvalue weighted by Crippen LogP contribution is -2.33. The quantitative estimate of drug-likeness (QED) is 0.279. The highest BCUT2D eigenvalue weighted by Crippen LogP contribution is 2.33. The Labute approximate surface area is 192 Å². The molecule has 0 bridgehead atoms. The fourth-order valence-electron chi connectivity index (χ4n) is 3.31. The molecule has 0 saturated heterocycles. The average Bonchev–Trinajstić information content (AvgIpc) is 3.19. The third-order valence-corrected chi connectivity index (χ3v) is 7.38. The van der Waals surface area contributed by atoms with Crippen molar-refractivity contribution in [2.45, 2.75) is 38.0 Å². The lowest BCUT2D eigenvalue weighted by molar-refractivity contribution is -0.118. The average molecular weight is 460 g/mol. The SMILES string of the molecule is Cc1ccc(C)c2sc(N(CCCN(C)C)C(=O)CCCSc3ccc(F)cc3)nc12. The lowest BCUT2D eigenvalue weighted by Gasteiger charge is -2.21. The first-order valence-corrected chi connectivity index (χ1v) is 12.4. The zero-order valence-corrected chi connectivity index (χ0v) is 20.3. The van der Waals surface area contributed by atoms with Crippen molar-refractivity contribution in [3.05, 3.63) is 53.3 Å². The second kappa shape index (κ2) is 11.1. The summed E-state index contributed by atoms with van der Waals surface area (Å²) < 4.78 is 14.2. The molecule has 3 aromatic rings. The van der Waals surface area contributed by atoms with Gasteiger partial charge < -0.3 is 4.90 Å². The normalized spacial score (nSPS) is 11.4. The third-order valence-electron chi connectivity index (χ3n) is 5.07. The van der Waals surface area contributed by atoms with E-state index in [9.17, 15) is 9.18 Å². The summed E-state index contributed by atoms with van der Waals surface area (Å²) in [6.45, 7) is 5.75. The van der Waals surface area contributed by atoms with E-state index < -0.39 is 0 Å². The van der Waals surface area contributed by atoms with E-state index in [1.807, 2.05) is 19.0 Å². The molecule has 2 aromatic carbocycles. The number of carbonyl (C=O) groups excluding carboxylic acids is 1. The number of rotatable bonds is 10. The minimum absolute atomic E-state index is 0.118. The van der Waals surface area contributed by atoms with E-state index >= 15 is 0 Å². The second-order valence-electron chi connectivity index (χ2n) is 7.98. The van der Waals surface area contributed by atoms with Crippen molar-refractivity contribution in [3.8, 4) is 0 Å². The highest BCUT2D eigenvalue weighted by atomic mass is 32.2. The van der Waals surface area contributed by atoms with Crippen LogP contribution in [0.4, 0.5) is 9.52 Å². The van der Waals surface area contributed by atoms with E-state index in [2.05, 4.69) is 30.9 Å². The van der Waals surface area contributed by atoms with Crippen LogP contribution in [0.3, 0.4) is 0 Å². The molecule has 0 saturated carbocycles. The van der Waals surface area contributed by atoms with Crippen molar-refractivity contribution in [1.29, 1.82) is 0 Å². The van der Waals surface area contributed by atoms with Crippen LogP contribution < -0.4 is 4.90 Å². The summed E-state index contributed by atoms with van der Waals surface area (Å²) in [4.78, 5) is 23.0. The summed E-state index contributed by atoms with van der Waals surface area (Å²) in [7, 11) is 4.09. The zero-order chi connectivity index (χ0) is 22.4. The smallest absolute Gasteiger partial charge is 0.228 e. The summed E-state index contributed by atoms with van der Waals surface area (Å²) in [6.07, 6.45) is 2.15. The maximum absolute atomic E-state index is 13.1. The van der Waals surface area contributed by atoms with Gasteiger partial charge in [-0.3, -0.25) is 9.69 Å². The maximum atomic E-state index is 13.1. The fourth-order valence-corrected chi connectivity index (χ4v) is 5.32. The first-order valence-electron chi connectivity index (χ1n) is 10.6. The highest BCUT2D eigenvalue weighted by molar-refractivity contribution is 7.99. The van der Waals surface area contributed by atoms with Gasteiger partial charge in [0.15, 0.2) is 5.13 Å². The van der Waals surface area contributed by atoms with Crippen LogP contribution in [0.25, 0.3) is 10.2 Å². The molecule has 0 radical (unpaired) electrons. The number of fused-ring (bicyclic) bond motifs is 1. The second-order valence-corrected chi connectivity index (χ2v) is 10.1. The van der Waals surface area contributed by atoms with Crippen LogP contribution >= 0.6 is 23.1 Å². The standard InChI is InChI=1S/C24H30FN3OS2/c1-17-8-9-18(2)23-22(17)26-24(31-23)28(15-6-14-27(3)4)21(29)7-5-16-30-20-12-10-19(25)11-13-20/h8-13H,5-7,14-16H2,1-4H3. The van der Waals surface area contributed by atoms with Gasteiger partial charge in [-0.15, -0.1) is 11.8 Å². The molecule has 0 fully saturated rings. The van der Waals surface area contributed by atoms with Crippen molar-refractivity contribution in [3.63, 3.8) is 0 Å². The van der Waals surface area contributed by atoms with Crippen molar-refractivity contribution in [1.82, 2.24) is 9.88 Å². The van der Waals surface area contributed by atoms with Gasteiger partial charge in [0.25, 0.3) is 0 Å². The summed E-state index contributed by atoms with van der Waals surface area (Å²) in [6, 6.07) is 10.7. The van der Waals surface area contributed by atoms with Crippen molar-refractivity contribution in [2.24, 2.45) is 0 Å². The number of carbonyl (C=O) groups is 1. The molecular weight excluding hydrogens is 429 g/mol. The Kier molecular flexibility index (Phi) is 8.46. The van der Waals surface area contributed by atoms with Crippen LogP contribution in [0.2, 0.25) is 0 Å². The molecule has 1 heterocycles. The van der Waals surface area contributed by atoms with Crippen LogP contribution in [0.1, 0.15) is 30.4 Å². The van der Waals surface area contributed by atoms with E-state index in [1.54, 1.807) is 35.2 Å². The molecule has 1 amide bonds. The molecule has 0 spiro atoms. The first-order chi connectivity index (χ1) is 14.8. The molecule has 1 aromatic heterocycles. The largest absolute Gasteiger partial charge is 0.309 e. The number of thioether (sulfide) groups is 1. The topological polar surface area (TPSA) is 36.4 Å². The first kappa shape index (κ1) is 23.7. The minimum atomic E-state index is -0.228. The van der Waals surface area contributed by atoms with Gasteiger partial charge in [-0.05, 0) is 88.5 Å². The summed E-state index contributed by atoms with van der Waals surface area (Å²) in [5, 5.41) is 0.794. The molecule has 0 unspecified atom stereocenters. The molecule has 0 aliphatic rings. The van der Waals surface area contributed by atoms with Crippen LogP contribution in [0.15, 0.2) is 41.3 Å². The van der Waals surface area contributed by atoms with E-state index in [-0.39, 0.29) is 11.7 Å². The number of aromatic nitrogens is 1. The summed E-state index contributed by atoms with van der Waals surface area (Å²) >= 11 is 3.26. The van der Waals surface area contributed by atoms with Gasteiger partial charge in [0, 0.05) is 17.9 Å². The molecule has 4 nitrogen and oxygen atoms in total. The van der Waals surface area contributed by atoms with E-state index in [0.717, 1.165) is 50.9 Å². The number of aryl methyl sites for hydroxylation is 2. The highest BCUT2D eigenvalue weighted by Gasteiger charge is 2.20. The third kappa shape index (κ3) is 6.51. The monoisotopic (exact) mass is 459 g/mol. The Morgan fingerprint density at radius 3 is 2.42 bits per heavy atom. The molecule has 3 rings (SSSR count). The van der Waals surface area contributed by atoms with Gasteiger partial charge in [0.1, 0.15) is 5.82 Å². The Balaban J connectivity index is 1.67. The number of amides is 1. The van der Waals surface area contributed by atoms with Crippen LogP contribution in [0.5, 0.6) is 0 Å². The number of hydrogen-bond acceptors (Lipinski definition) is 5. The van der Waals surface area contributed by atoms with E-state index in [1.165, 1.54) is 17.7 Å². The number of thiazole rings is 1. The Morgan fingerprint density at radius 2 is 1.74 bits per heavy atom. The molecule has 166 valence electrons. The Hall–Kier alpha value is -1.96. The summed E-state index contributed by atoms with van der Waals surface area (Å²) in [5.41, 5.74) is 3.33. The number of nitrogens with zero attached hydrogens (tertiary/aromatic N) is 3. The minimum Gasteiger partial charge on any atom is -0.309 e. The Morgan fingerprint density at radius 1 is 1.03 bits per heavy atom. The molecule has 0 atom stereocenters. The van der Waals surface area contributed by atoms with E-state index in [4.69, 9.17) is 4.98 Å². The molecule has 0 aliphatic heterocycles. The zero-order valence-electron chi connectivity index (χ0n) is 18.7. The van der Waals surface area contributed by atoms with Gasteiger partial charge in [-0.25, -0.2) is 9.37 Å². The van der Waals surface area contributed by atoms with Gasteiger partial charge in [0.2, 0.25) is 5.91 Å². The van der Waals surface area contributed by atoms with Crippen molar-refractivity contribution >= 4 is 44.4 Å². The number of hydrogen-bond donors (Lipinski definition) is 0. The summed E-state index contributed by atoms with van der Waals surface area (Å²) in [5.74, 6) is 0.711. The maximum Gasteiger partial charge on any atom is 0.228 e. The lowest BCUT2D eigenvalue weighted by atomic mass is 10.1. The van der Waals surface area contributed by atoms with Gasteiger partial charge in [0.05, 0.1) is 10.2 Å². The van der Waals surface area contributed by atoms with Crippen LogP contribution in [-0.4, -0.2) is 48.7 Å². The molecule has 7 heteroatoms. The molecule has 31 heavy (non-hydrogen) atoms. The van der Waals surface area contributed by atoms with Gasteiger partial charge in [-0.2, -0.15) is 0 Å². The van der Waals surface area contributed by atoms with E-state index in [0.29, 0.717) is 13.0 Å². The van der Waals surface area contributed by atoms with Gasteiger partial charge >= 0.3 is 0 Å². The molecular formula is C24H30FN3OS2. The van der Waals surface area contributed by atoms with Crippen molar-refractivity contribution < 1.29 is 9.18 Å². The molecule has 0 aliphatic carbocycles. The number of halogens is 1. The number of anilines is 1. The van der Waals surface area contributed by atoms with Crippen LogP contribution in [-0.2, 0) is 4.79 Å². The van der Waals surface area contributed by atoms with Crippen LogP contribution in [0, 0.1) is 19.7 Å². The Bertz CT molecular complexity index is 979.